The molecule has 0 aliphatic heterocycles. The number of methoxy groups -OCH3 is 1. The minimum absolute atomic E-state index is 0.0891. The molecule has 0 aromatic heterocycles. The Morgan fingerprint density at radius 2 is 1.75 bits per heavy atom. The predicted octanol–water partition coefficient (Wildman–Crippen LogP) is 3.81. The van der Waals surface area contributed by atoms with Crippen LogP contribution in [0.1, 0.15) is 6.92 Å². The summed E-state index contributed by atoms with van der Waals surface area (Å²) in [6.07, 6.45) is 0. The van der Waals surface area contributed by atoms with Gasteiger partial charge in [-0.25, -0.2) is 8.42 Å². The van der Waals surface area contributed by atoms with Crippen molar-refractivity contribution in [2.75, 3.05) is 12.4 Å². The zero-order valence-corrected chi connectivity index (χ0v) is 16.8. The number of nitrogens with one attached hydrogen (secondary N) is 2. The average Bonchev–Trinajstić information content (AvgIpc) is 2.67. The van der Waals surface area contributed by atoms with Gasteiger partial charge in [0.2, 0.25) is 15.9 Å². The van der Waals surface area contributed by atoms with Gasteiger partial charge in [-0.2, -0.15) is 4.72 Å². The van der Waals surface area contributed by atoms with E-state index >= 15 is 0 Å². The van der Waals surface area contributed by atoms with Gasteiger partial charge in [0.1, 0.15) is 5.75 Å². The minimum Gasteiger partial charge on any atom is -0.495 e. The van der Waals surface area contributed by atoms with Crippen molar-refractivity contribution >= 4 is 44.0 Å². The van der Waals surface area contributed by atoms with Gasteiger partial charge in [-0.05, 0) is 48.0 Å². The van der Waals surface area contributed by atoms with E-state index in [-0.39, 0.29) is 4.90 Å². The van der Waals surface area contributed by atoms with Crippen molar-refractivity contribution in [3.63, 3.8) is 0 Å². The van der Waals surface area contributed by atoms with Crippen LogP contribution in [-0.4, -0.2) is 27.5 Å². The van der Waals surface area contributed by atoms with E-state index in [0.29, 0.717) is 16.5 Å². The standard InChI is InChI=1S/C20H19ClN2O4S/c1-13(20(24)22-18-12-16(21)8-10-19(18)27-2)23-28(25,26)17-9-7-14-5-3-4-6-15(14)11-17/h3-13,23H,1-2H3,(H,22,24)/t13-/m1/s1. The van der Waals surface area contributed by atoms with E-state index in [9.17, 15) is 13.2 Å². The molecule has 146 valence electrons. The van der Waals surface area contributed by atoms with Crippen LogP contribution < -0.4 is 14.8 Å². The second-order valence-corrected chi connectivity index (χ2v) is 8.34. The molecule has 0 radical (unpaired) electrons. The van der Waals surface area contributed by atoms with E-state index in [4.69, 9.17) is 16.3 Å². The number of halogens is 1. The molecule has 2 N–H and O–H groups in total. The fourth-order valence-corrected chi connectivity index (χ4v) is 4.12. The van der Waals surface area contributed by atoms with Crippen LogP contribution in [0.25, 0.3) is 10.8 Å². The number of amides is 1. The molecular formula is C20H19ClN2O4S. The second-order valence-electron chi connectivity index (χ2n) is 6.19. The number of rotatable bonds is 6. The molecule has 0 aliphatic carbocycles. The Hall–Kier alpha value is -2.61. The summed E-state index contributed by atoms with van der Waals surface area (Å²) in [6, 6.07) is 16.0. The molecule has 0 heterocycles. The molecule has 0 fully saturated rings. The largest absolute Gasteiger partial charge is 0.495 e. The Kier molecular flexibility index (Phi) is 5.88. The first-order valence-corrected chi connectivity index (χ1v) is 10.3. The van der Waals surface area contributed by atoms with Gasteiger partial charge < -0.3 is 10.1 Å². The summed E-state index contributed by atoms with van der Waals surface area (Å²) < 4.78 is 32.9. The van der Waals surface area contributed by atoms with Crippen molar-refractivity contribution in [2.45, 2.75) is 17.9 Å². The highest BCUT2D eigenvalue weighted by atomic mass is 35.5. The third-order valence-electron chi connectivity index (χ3n) is 4.18. The van der Waals surface area contributed by atoms with Gasteiger partial charge in [-0.15, -0.1) is 0 Å². The van der Waals surface area contributed by atoms with Gasteiger partial charge >= 0.3 is 0 Å². The molecular weight excluding hydrogens is 400 g/mol. The number of hydrogen-bond acceptors (Lipinski definition) is 4. The number of hydrogen-bond donors (Lipinski definition) is 2. The highest BCUT2D eigenvalue weighted by Crippen LogP contribution is 2.28. The Morgan fingerprint density at radius 3 is 2.46 bits per heavy atom. The lowest BCUT2D eigenvalue weighted by atomic mass is 10.1. The highest BCUT2D eigenvalue weighted by molar-refractivity contribution is 7.89. The molecule has 28 heavy (non-hydrogen) atoms. The van der Waals surface area contributed by atoms with Crippen LogP contribution in [0.4, 0.5) is 5.69 Å². The molecule has 0 aliphatic rings. The average molecular weight is 419 g/mol. The fraction of sp³-hybridized carbons (Fsp3) is 0.150. The Morgan fingerprint density at radius 1 is 1.04 bits per heavy atom. The van der Waals surface area contributed by atoms with Gasteiger partial charge in [0.25, 0.3) is 0 Å². The zero-order valence-electron chi connectivity index (χ0n) is 15.3. The predicted molar refractivity (Wildman–Crippen MR) is 110 cm³/mol. The molecule has 0 bridgehead atoms. The topological polar surface area (TPSA) is 84.5 Å². The van der Waals surface area contributed by atoms with Crippen molar-refractivity contribution in [3.05, 3.63) is 65.7 Å². The molecule has 0 saturated carbocycles. The normalized spacial score (nSPS) is 12.5. The monoisotopic (exact) mass is 418 g/mol. The maximum atomic E-state index is 12.7. The molecule has 0 unspecified atom stereocenters. The van der Waals surface area contributed by atoms with Gasteiger partial charge in [0.05, 0.1) is 23.7 Å². The maximum absolute atomic E-state index is 12.7. The lowest BCUT2D eigenvalue weighted by Gasteiger charge is -2.16. The van der Waals surface area contributed by atoms with E-state index in [2.05, 4.69) is 10.0 Å². The van der Waals surface area contributed by atoms with Gasteiger partial charge in [0.15, 0.2) is 0 Å². The van der Waals surface area contributed by atoms with Crippen LogP contribution in [-0.2, 0) is 14.8 Å². The van der Waals surface area contributed by atoms with Crippen molar-refractivity contribution in [3.8, 4) is 5.75 Å². The molecule has 3 aromatic rings. The SMILES string of the molecule is COc1ccc(Cl)cc1NC(=O)[C@@H](C)NS(=O)(=O)c1ccc2ccccc2c1. The lowest BCUT2D eigenvalue weighted by Crippen LogP contribution is -2.41. The first-order chi connectivity index (χ1) is 13.3. The van der Waals surface area contributed by atoms with Gasteiger partial charge in [-0.3, -0.25) is 4.79 Å². The molecule has 3 rings (SSSR count). The minimum atomic E-state index is -3.88. The third-order valence-corrected chi connectivity index (χ3v) is 5.95. The number of carbonyl (C=O) groups is 1. The molecule has 3 aromatic carbocycles. The summed E-state index contributed by atoms with van der Waals surface area (Å²) in [5.41, 5.74) is 0.358. The molecule has 1 atom stereocenters. The van der Waals surface area contributed by atoms with E-state index in [1.165, 1.54) is 26.2 Å². The van der Waals surface area contributed by atoms with Crippen LogP contribution in [0.5, 0.6) is 5.75 Å². The third kappa shape index (κ3) is 4.44. The van der Waals surface area contributed by atoms with E-state index in [0.717, 1.165) is 10.8 Å². The first kappa shape index (κ1) is 20.1. The van der Waals surface area contributed by atoms with Crippen LogP contribution in [0, 0.1) is 0 Å². The highest BCUT2D eigenvalue weighted by Gasteiger charge is 2.23. The van der Waals surface area contributed by atoms with E-state index in [1.54, 1.807) is 24.3 Å². The Bertz CT molecular complexity index is 1130. The van der Waals surface area contributed by atoms with Gasteiger partial charge in [0, 0.05) is 5.02 Å². The quantitative estimate of drug-likeness (QED) is 0.637. The van der Waals surface area contributed by atoms with Crippen LogP contribution in [0.2, 0.25) is 5.02 Å². The zero-order chi connectivity index (χ0) is 20.3. The van der Waals surface area contributed by atoms with E-state index < -0.39 is 22.0 Å². The molecule has 8 heteroatoms. The van der Waals surface area contributed by atoms with Gasteiger partial charge in [-0.1, -0.05) is 41.9 Å². The summed E-state index contributed by atoms with van der Waals surface area (Å²) >= 11 is 5.95. The maximum Gasteiger partial charge on any atom is 0.242 e. The molecule has 0 saturated heterocycles. The number of anilines is 1. The number of carbonyl (C=O) groups excluding carboxylic acids is 1. The lowest BCUT2D eigenvalue weighted by molar-refractivity contribution is -0.117. The molecule has 1 amide bonds. The summed E-state index contributed by atoms with van der Waals surface area (Å²) in [4.78, 5) is 12.6. The number of sulfonamides is 1. The Balaban J connectivity index is 1.77. The van der Waals surface area contributed by atoms with E-state index in [1.807, 2.05) is 24.3 Å². The van der Waals surface area contributed by atoms with Crippen LogP contribution in [0.15, 0.2) is 65.6 Å². The number of ether oxygens (including phenoxy) is 1. The van der Waals surface area contributed by atoms with Crippen LogP contribution in [0.3, 0.4) is 0 Å². The fourth-order valence-electron chi connectivity index (χ4n) is 2.71. The second kappa shape index (κ2) is 8.18. The Labute approximate surface area is 168 Å². The van der Waals surface area contributed by atoms with Crippen LogP contribution >= 0.6 is 11.6 Å². The number of fused-ring (bicyclic) bond motifs is 1. The smallest absolute Gasteiger partial charge is 0.242 e. The van der Waals surface area contributed by atoms with Crippen molar-refractivity contribution in [1.29, 1.82) is 0 Å². The summed E-state index contributed by atoms with van der Waals surface area (Å²) in [5, 5.41) is 4.78. The first-order valence-electron chi connectivity index (χ1n) is 8.46. The summed E-state index contributed by atoms with van der Waals surface area (Å²) in [7, 11) is -2.42. The van der Waals surface area contributed by atoms with Crippen molar-refractivity contribution < 1.29 is 17.9 Å². The number of benzene rings is 3. The molecule has 0 spiro atoms. The van der Waals surface area contributed by atoms with Crippen molar-refractivity contribution in [1.82, 2.24) is 4.72 Å². The summed E-state index contributed by atoms with van der Waals surface area (Å²) in [5.74, 6) is -0.118. The summed E-state index contributed by atoms with van der Waals surface area (Å²) in [6.45, 7) is 1.46. The van der Waals surface area contributed by atoms with Crippen molar-refractivity contribution in [2.24, 2.45) is 0 Å². The molecule has 6 nitrogen and oxygen atoms in total.